The Kier molecular flexibility index (Phi) is 5.18. The van der Waals surface area contributed by atoms with Crippen LogP contribution in [0.25, 0.3) is 0 Å². The molecular formula is C14H18BrClN4. The van der Waals surface area contributed by atoms with E-state index in [4.69, 9.17) is 11.6 Å². The summed E-state index contributed by atoms with van der Waals surface area (Å²) in [5.74, 6) is 0.971. The molecule has 2 rings (SSSR count). The first-order valence-electron chi connectivity index (χ1n) is 6.53. The molecule has 1 N–H and O–H groups in total. The molecule has 20 heavy (non-hydrogen) atoms. The molecule has 1 atom stereocenters. The van der Waals surface area contributed by atoms with E-state index in [2.05, 4.69) is 51.2 Å². The lowest BCUT2D eigenvalue weighted by molar-refractivity contribution is 0.478. The summed E-state index contributed by atoms with van der Waals surface area (Å²) in [6.07, 6.45) is 2.38. The second-order valence-corrected chi connectivity index (χ2v) is 6.20. The highest BCUT2D eigenvalue weighted by molar-refractivity contribution is 9.10. The molecule has 6 heteroatoms. The minimum absolute atomic E-state index is 0.155. The van der Waals surface area contributed by atoms with Crippen molar-refractivity contribution in [2.75, 3.05) is 7.05 Å². The minimum Gasteiger partial charge on any atom is -0.313 e. The molecule has 4 nitrogen and oxygen atoms in total. The summed E-state index contributed by atoms with van der Waals surface area (Å²) in [5, 5.41) is 8.30. The van der Waals surface area contributed by atoms with E-state index in [0.717, 1.165) is 22.3 Å². The quantitative estimate of drug-likeness (QED) is 0.885. The summed E-state index contributed by atoms with van der Waals surface area (Å²) in [5.41, 5.74) is 1.14. The van der Waals surface area contributed by atoms with Crippen LogP contribution in [0.5, 0.6) is 0 Å². The van der Waals surface area contributed by atoms with Gasteiger partial charge in [-0.25, -0.2) is 9.67 Å². The van der Waals surface area contributed by atoms with Crippen molar-refractivity contribution in [3.05, 3.63) is 45.4 Å². The molecule has 0 spiro atoms. The fraction of sp³-hybridized carbons (Fsp3) is 0.429. The van der Waals surface area contributed by atoms with Crippen molar-refractivity contribution in [3.63, 3.8) is 0 Å². The number of nitrogens with one attached hydrogen (secondary N) is 1. The predicted molar refractivity (Wildman–Crippen MR) is 85.1 cm³/mol. The zero-order chi connectivity index (χ0) is 14.7. The number of likely N-dealkylation sites (N-methyl/N-ethyl adjacent to an activating group) is 1. The standard InChI is InChI=1S/C14H18BrClN4/c1-9(2)20-14(18-8-19-20)7-13(17-3)10-4-5-11(15)12(16)6-10/h4-6,8-9,13,17H,7H2,1-3H3. The monoisotopic (exact) mass is 356 g/mol. The van der Waals surface area contributed by atoms with E-state index in [9.17, 15) is 0 Å². The molecule has 0 aliphatic rings. The van der Waals surface area contributed by atoms with Crippen molar-refractivity contribution in [2.24, 2.45) is 0 Å². The highest BCUT2D eigenvalue weighted by Gasteiger charge is 2.16. The van der Waals surface area contributed by atoms with E-state index in [1.807, 2.05) is 23.9 Å². The van der Waals surface area contributed by atoms with Crippen LogP contribution in [-0.4, -0.2) is 21.8 Å². The first kappa shape index (κ1) is 15.5. The Morgan fingerprint density at radius 1 is 1.40 bits per heavy atom. The van der Waals surface area contributed by atoms with Gasteiger partial charge < -0.3 is 5.32 Å². The summed E-state index contributed by atoms with van der Waals surface area (Å²) in [7, 11) is 1.94. The van der Waals surface area contributed by atoms with E-state index in [1.165, 1.54) is 0 Å². The van der Waals surface area contributed by atoms with Crippen molar-refractivity contribution in [1.82, 2.24) is 20.1 Å². The maximum atomic E-state index is 6.17. The maximum absolute atomic E-state index is 6.17. The number of nitrogens with zero attached hydrogens (tertiary/aromatic N) is 3. The van der Waals surface area contributed by atoms with Gasteiger partial charge in [-0.15, -0.1) is 0 Å². The first-order valence-corrected chi connectivity index (χ1v) is 7.70. The molecule has 0 saturated heterocycles. The van der Waals surface area contributed by atoms with Crippen LogP contribution < -0.4 is 5.32 Å². The number of aromatic nitrogens is 3. The van der Waals surface area contributed by atoms with Gasteiger partial charge >= 0.3 is 0 Å². The second-order valence-electron chi connectivity index (χ2n) is 4.93. The average Bonchev–Trinajstić information content (AvgIpc) is 2.87. The molecule has 1 heterocycles. The molecule has 0 bridgehead atoms. The molecule has 0 radical (unpaired) electrons. The van der Waals surface area contributed by atoms with Gasteiger partial charge in [-0.1, -0.05) is 17.7 Å². The third kappa shape index (κ3) is 3.40. The Balaban J connectivity index is 2.24. The summed E-state index contributed by atoms with van der Waals surface area (Å²) < 4.78 is 2.85. The molecule has 0 amide bonds. The molecular weight excluding hydrogens is 340 g/mol. The van der Waals surface area contributed by atoms with Gasteiger partial charge in [0.1, 0.15) is 12.2 Å². The summed E-state index contributed by atoms with van der Waals surface area (Å²) in [6.45, 7) is 4.20. The van der Waals surface area contributed by atoms with Gasteiger partial charge in [0.25, 0.3) is 0 Å². The molecule has 108 valence electrons. The Labute approximate surface area is 132 Å². The van der Waals surface area contributed by atoms with Crippen LogP contribution in [0.2, 0.25) is 5.02 Å². The lowest BCUT2D eigenvalue weighted by Gasteiger charge is -2.18. The van der Waals surface area contributed by atoms with Gasteiger partial charge in [0.05, 0.1) is 5.02 Å². The molecule has 0 saturated carbocycles. The number of benzene rings is 1. The lowest BCUT2D eigenvalue weighted by Crippen LogP contribution is -2.21. The molecule has 0 fully saturated rings. The third-order valence-electron chi connectivity index (χ3n) is 3.22. The normalized spacial score (nSPS) is 12.9. The van der Waals surface area contributed by atoms with Crippen LogP contribution in [-0.2, 0) is 6.42 Å². The van der Waals surface area contributed by atoms with Crippen LogP contribution >= 0.6 is 27.5 Å². The van der Waals surface area contributed by atoms with Crippen molar-refractivity contribution in [3.8, 4) is 0 Å². The van der Waals surface area contributed by atoms with E-state index >= 15 is 0 Å². The van der Waals surface area contributed by atoms with Crippen LogP contribution in [0.15, 0.2) is 29.0 Å². The molecule has 0 aliphatic heterocycles. The zero-order valence-electron chi connectivity index (χ0n) is 11.8. The lowest BCUT2D eigenvalue weighted by atomic mass is 10.0. The van der Waals surface area contributed by atoms with Crippen LogP contribution in [0.1, 0.15) is 37.3 Å². The fourth-order valence-electron chi connectivity index (χ4n) is 2.15. The van der Waals surface area contributed by atoms with Gasteiger partial charge in [0.2, 0.25) is 0 Å². The first-order chi connectivity index (χ1) is 9.52. The van der Waals surface area contributed by atoms with Crippen molar-refractivity contribution < 1.29 is 0 Å². The van der Waals surface area contributed by atoms with Gasteiger partial charge in [0, 0.05) is 23.0 Å². The maximum Gasteiger partial charge on any atom is 0.138 e. The smallest absolute Gasteiger partial charge is 0.138 e. The van der Waals surface area contributed by atoms with Crippen LogP contribution in [0.3, 0.4) is 0 Å². The number of halogens is 2. The Hall–Kier alpha value is -0.910. The number of hydrogen-bond donors (Lipinski definition) is 1. The molecule has 2 aromatic rings. The van der Waals surface area contributed by atoms with Crippen LogP contribution in [0, 0.1) is 0 Å². The fourth-order valence-corrected chi connectivity index (χ4v) is 2.59. The SMILES string of the molecule is CNC(Cc1ncnn1C(C)C)c1ccc(Br)c(Cl)c1. The Morgan fingerprint density at radius 2 is 2.15 bits per heavy atom. The van der Waals surface area contributed by atoms with Crippen LogP contribution in [0.4, 0.5) is 0 Å². The third-order valence-corrected chi connectivity index (χ3v) is 4.45. The van der Waals surface area contributed by atoms with Gasteiger partial charge in [0.15, 0.2) is 0 Å². The van der Waals surface area contributed by atoms with E-state index in [-0.39, 0.29) is 6.04 Å². The highest BCUT2D eigenvalue weighted by atomic mass is 79.9. The topological polar surface area (TPSA) is 42.7 Å². The van der Waals surface area contributed by atoms with Gasteiger partial charge in [-0.05, 0) is 54.5 Å². The molecule has 1 aromatic heterocycles. The second kappa shape index (κ2) is 6.70. The Morgan fingerprint density at radius 3 is 2.75 bits per heavy atom. The molecule has 1 aromatic carbocycles. The van der Waals surface area contributed by atoms with E-state index in [0.29, 0.717) is 11.1 Å². The van der Waals surface area contributed by atoms with Crippen molar-refractivity contribution >= 4 is 27.5 Å². The summed E-state index contributed by atoms with van der Waals surface area (Å²) >= 11 is 9.58. The van der Waals surface area contributed by atoms with Gasteiger partial charge in [-0.2, -0.15) is 5.10 Å². The number of rotatable bonds is 5. The summed E-state index contributed by atoms with van der Waals surface area (Å²) in [4.78, 5) is 4.36. The predicted octanol–water partition coefficient (Wildman–Crippen LogP) is 3.78. The minimum atomic E-state index is 0.155. The average molecular weight is 358 g/mol. The van der Waals surface area contributed by atoms with Crippen molar-refractivity contribution in [1.29, 1.82) is 0 Å². The molecule has 0 aliphatic carbocycles. The number of hydrogen-bond acceptors (Lipinski definition) is 3. The van der Waals surface area contributed by atoms with E-state index < -0.39 is 0 Å². The Bertz CT molecular complexity index is 582. The zero-order valence-corrected chi connectivity index (χ0v) is 14.1. The van der Waals surface area contributed by atoms with Crippen molar-refractivity contribution in [2.45, 2.75) is 32.4 Å². The highest BCUT2D eigenvalue weighted by Crippen LogP contribution is 2.27. The largest absolute Gasteiger partial charge is 0.313 e. The summed E-state index contributed by atoms with van der Waals surface area (Å²) in [6, 6.07) is 6.46. The molecule has 1 unspecified atom stereocenters. The van der Waals surface area contributed by atoms with E-state index in [1.54, 1.807) is 6.33 Å². The van der Waals surface area contributed by atoms with Gasteiger partial charge in [-0.3, -0.25) is 0 Å².